The number of hydrogen-bond donors (Lipinski definition) is 2. The Balaban J connectivity index is 2.14. The molecule has 8 heteroatoms. The Labute approximate surface area is 147 Å². The fourth-order valence-electron chi connectivity index (χ4n) is 1.85. The number of hydrogen-bond acceptors (Lipinski definition) is 3. The lowest BCUT2D eigenvalue weighted by molar-refractivity contribution is -0.111. The largest absolute Gasteiger partial charge is 0.322 e. The second-order valence-electron chi connectivity index (χ2n) is 4.72. The summed E-state index contributed by atoms with van der Waals surface area (Å²) in [5.41, 5.74) is 0.571. The highest BCUT2D eigenvalue weighted by molar-refractivity contribution is 9.10. The summed E-state index contributed by atoms with van der Waals surface area (Å²) in [6.07, 6.45) is 2.51. The Morgan fingerprint density at radius 2 is 1.96 bits per heavy atom. The SMILES string of the molecule is CNS(=O)(=O)c1cccc(NC(=O)/C=C/c2cc(Br)ccc2F)c1. The van der Waals surface area contributed by atoms with Gasteiger partial charge < -0.3 is 5.32 Å². The molecular formula is C16H14BrFN2O3S. The molecule has 0 aliphatic heterocycles. The van der Waals surface area contributed by atoms with Gasteiger partial charge >= 0.3 is 0 Å². The Morgan fingerprint density at radius 1 is 1.21 bits per heavy atom. The third kappa shape index (κ3) is 4.73. The first-order valence-electron chi connectivity index (χ1n) is 6.79. The van der Waals surface area contributed by atoms with E-state index in [1.54, 1.807) is 18.2 Å². The van der Waals surface area contributed by atoms with E-state index >= 15 is 0 Å². The highest BCUT2D eigenvalue weighted by atomic mass is 79.9. The number of halogens is 2. The molecule has 2 aromatic carbocycles. The van der Waals surface area contributed by atoms with Crippen LogP contribution in [0.3, 0.4) is 0 Å². The lowest BCUT2D eigenvalue weighted by Gasteiger charge is -2.06. The molecule has 0 aliphatic rings. The van der Waals surface area contributed by atoms with E-state index in [1.807, 2.05) is 0 Å². The molecule has 0 fully saturated rings. The third-order valence-electron chi connectivity index (χ3n) is 3.05. The molecule has 126 valence electrons. The van der Waals surface area contributed by atoms with Crippen molar-refractivity contribution in [2.75, 3.05) is 12.4 Å². The van der Waals surface area contributed by atoms with Gasteiger partial charge in [-0.1, -0.05) is 22.0 Å². The molecule has 0 unspecified atom stereocenters. The molecule has 0 aliphatic carbocycles. The molecule has 2 N–H and O–H groups in total. The molecule has 24 heavy (non-hydrogen) atoms. The fraction of sp³-hybridized carbons (Fsp3) is 0.0625. The fourth-order valence-corrected chi connectivity index (χ4v) is 3.00. The van der Waals surface area contributed by atoms with E-state index in [2.05, 4.69) is 26.0 Å². The first-order valence-corrected chi connectivity index (χ1v) is 9.07. The topological polar surface area (TPSA) is 75.3 Å². The van der Waals surface area contributed by atoms with Crippen LogP contribution < -0.4 is 10.0 Å². The number of sulfonamides is 1. The first kappa shape index (κ1) is 18.3. The van der Waals surface area contributed by atoms with Crippen LogP contribution in [0.4, 0.5) is 10.1 Å². The number of carbonyl (C=O) groups excluding carboxylic acids is 1. The van der Waals surface area contributed by atoms with Gasteiger partial charge in [0.25, 0.3) is 0 Å². The Kier molecular flexibility index (Phi) is 5.87. The molecule has 2 rings (SSSR count). The van der Waals surface area contributed by atoms with Crippen LogP contribution in [0.15, 0.2) is 57.9 Å². The van der Waals surface area contributed by atoms with Crippen molar-refractivity contribution in [2.24, 2.45) is 0 Å². The number of benzene rings is 2. The van der Waals surface area contributed by atoms with Crippen molar-refractivity contribution in [3.8, 4) is 0 Å². The molecule has 0 aromatic heterocycles. The van der Waals surface area contributed by atoms with Crippen LogP contribution in [0.25, 0.3) is 6.08 Å². The van der Waals surface area contributed by atoms with Crippen LogP contribution in [-0.4, -0.2) is 21.4 Å². The van der Waals surface area contributed by atoms with Crippen molar-refractivity contribution < 1.29 is 17.6 Å². The van der Waals surface area contributed by atoms with Gasteiger partial charge in [-0.3, -0.25) is 4.79 Å². The molecule has 0 bridgehead atoms. The monoisotopic (exact) mass is 412 g/mol. The second kappa shape index (κ2) is 7.69. The first-order chi connectivity index (χ1) is 11.3. The maximum atomic E-state index is 13.6. The van der Waals surface area contributed by atoms with Crippen LogP contribution in [0.1, 0.15) is 5.56 Å². The third-order valence-corrected chi connectivity index (χ3v) is 4.96. The number of amides is 1. The van der Waals surface area contributed by atoms with E-state index in [1.165, 1.54) is 43.5 Å². The van der Waals surface area contributed by atoms with Crippen molar-refractivity contribution in [3.05, 3.63) is 64.4 Å². The molecule has 0 saturated heterocycles. The summed E-state index contributed by atoms with van der Waals surface area (Å²) in [6.45, 7) is 0. The average Bonchev–Trinajstić information content (AvgIpc) is 2.56. The lowest BCUT2D eigenvalue weighted by atomic mass is 10.2. The Bertz CT molecular complexity index is 898. The van der Waals surface area contributed by atoms with Gasteiger partial charge in [0.1, 0.15) is 5.82 Å². The molecule has 0 radical (unpaired) electrons. The van der Waals surface area contributed by atoms with Crippen molar-refractivity contribution >= 4 is 43.6 Å². The summed E-state index contributed by atoms with van der Waals surface area (Å²) >= 11 is 3.23. The van der Waals surface area contributed by atoms with E-state index in [9.17, 15) is 17.6 Å². The van der Waals surface area contributed by atoms with Gasteiger partial charge in [-0.15, -0.1) is 0 Å². The number of carbonyl (C=O) groups is 1. The van der Waals surface area contributed by atoms with Gasteiger partial charge in [-0.05, 0) is 49.5 Å². The van der Waals surface area contributed by atoms with Gasteiger partial charge in [0, 0.05) is 21.8 Å². The zero-order valence-corrected chi connectivity index (χ0v) is 15.0. The minimum atomic E-state index is -3.60. The molecule has 1 amide bonds. The van der Waals surface area contributed by atoms with Crippen molar-refractivity contribution in [3.63, 3.8) is 0 Å². The summed E-state index contributed by atoms with van der Waals surface area (Å²) in [5.74, 6) is -0.960. The van der Waals surface area contributed by atoms with Crippen molar-refractivity contribution in [1.82, 2.24) is 4.72 Å². The van der Waals surface area contributed by atoms with Crippen molar-refractivity contribution in [1.29, 1.82) is 0 Å². The zero-order valence-electron chi connectivity index (χ0n) is 12.6. The van der Waals surface area contributed by atoms with Gasteiger partial charge in [-0.2, -0.15) is 0 Å². The maximum absolute atomic E-state index is 13.6. The number of rotatable bonds is 5. The molecule has 2 aromatic rings. The van der Waals surface area contributed by atoms with E-state index in [-0.39, 0.29) is 10.5 Å². The smallest absolute Gasteiger partial charge is 0.248 e. The zero-order chi connectivity index (χ0) is 17.7. The standard InChI is InChI=1S/C16H14BrFN2O3S/c1-19-24(22,23)14-4-2-3-13(10-14)20-16(21)8-5-11-9-12(17)6-7-15(11)18/h2-10,19H,1H3,(H,20,21)/b8-5+. The summed E-state index contributed by atoms with van der Waals surface area (Å²) in [5, 5.41) is 2.53. The van der Waals surface area contributed by atoms with Crippen LogP contribution >= 0.6 is 15.9 Å². The molecule has 0 heterocycles. The number of anilines is 1. The van der Waals surface area contributed by atoms with E-state index in [0.717, 1.165) is 0 Å². The Morgan fingerprint density at radius 3 is 2.67 bits per heavy atom. The normalized spacial score (nSPS) is 11.6. The molecule has 0 saturated carbocycles. The Hall–Kier alpha value is -2.03. The maximum Gasteiger partial charge on any atom is 0.248 e. The highest BCUT2D eigenvalue weighted by Gasteiger charge is 2.11. The summed E-state index contributed by atoms with van der Waals surface area (Å²) in [7, 11) is -2.29. The minimum Gasteiger partial charge on any atom is -0.322 e. The van der Waals surface area contributed by atoms with E-state index < -0.39 is 21.7 Å². The summed E-state index contributed by atoms with van der Waals surface area (Å²) in [6, 6.07) is 10.2. The van der Waals surface area contributed by atoms with Gasteiger partial charge in [-0.25, -0.2) is 17.5 Å². The van der Waals surface area contributed by atoms with E-state index in [4.69, 9.17) is 0 Å². The average molecular weight is 413 g/mol. The molecular weight excluding hydrogens is 399 g/mol. The summed E-state index contributed by atoms with van der Waals surface area (Å²) < 4.78 is 39.9. The minimum absolute atomic E-state index is 0.0322. The predicted octanol–water partition coefficient (Wildman–Crippen LogP) is 3.15. The molecule has 5 nitrogen and oxygen atoms in total. The second-order valence-corrected chi connectivity index (χ2v) is 7.53. The van der Waals surface area contributed by atoms with Crippen LogP contribution in [0, 0.1) is 5.82 Å². The predicted molar refractivity (Wildman–Crippen MR) is 94.5 cm³/mol. The molecule has 0 atom stereocenters. The lowest BCUT2D eigenvalue weighted by Crippen LogP contribution is -2.18. The quantitative estimate of drug-likeness (QED) is 0.740. The van der Waals surface area contributed by atoms with Crippen LogP contribution in [0.2, 0.25) is 0 Å². The van der Waals surface area contributed by atoms with Crippen molar-refractivity contribution in [2.45, 2.75) is 4.90 Å². The molecule has 0 spiro atoms. The van der Waals surface area contributed by atoms with Gasteiger partial charge in [0.05, 0.1) is 4.90 Å². The van der Waals surface area contributed by atoms with E-state index in [0.29, 0.717) is 10.2 Å². The summed E-state index contributed by atoms with van der Waals surface area (Å²) in [4.78, 5) is 11.9. The highest BCUT2D eigenvalue weighted by Crippen LogP contribution is 2.18. The number of nitrogens with one attached hydrogen (secondary N) is 2. The van der Waals surface area contributed by atoms with Crippen LogP contribution in [-0.2, 0) is 14.8 Å². The van der Waals surface area contributed by atoms with Gasteiger partial charge in [0.2, 0.25) is 15.9 Å². The van der Waals surface area contributed by atoms with Gasteiger partial charge in [0.15, 0.2) is 0 Å². The van der Waals surface area contributed by atoms with Crippen LogP contribution in [0.5, 0.6) is 0 Å².